The van der Waals surface area contributed by atoms with E-state index in [1.54, 1.807) is 4.90 Å². The van der Waals surface area contributed by atoms with Crippen LogP contribution in [0.25, 0.3) is 0 Å². The van der Waals surface area contributed by atoms with Crippen LogP contribution in [-0.2, 0) is 19.1 Å². The molecule has 1 fully saturated rings. The summed E-state index contributed by atoms with van der Waals surface area (Å²) < 4.78 is 4.97. The predicted molar refractivity (Wildman–Crippen MR) is 73.8 cm³/mol. The molecule has 1 aliphatic heterocycles. The number of carbonyl (C=O) groups is 3. The number of ether oxygens (including phenoxy) is 1. The van der Waals surface area contributed by atoms with Crippen LogP contribution in [0.2, 0.25) is 0 Å². The SMILES string of the molecule is CC(=O)OC[C@@H](NC(=O)[C@@H]1CCCCN1C=O)C(C)C. The van der Waals surface area contributed by atoms with Crippen LogP contribution in [-0.4, -0.2) is 48.4 Å². The standard InChI is InChI=1S/C14H24N2O4/c1-10(2)12(8-20-11(3)18)15-14(19)13-6-4-5-7-16(13)9-17/h9-10,12-13H,4-8H2,1-3H3,(H,15,19)/t12-,13+/m1/s1. The fourth-order valence-corrected chi connectivity index (χ4v) is 2.25. The molecule has 114 valence electrons. The summed E-state index contributed by atoms with van der Waals surface area (Å²) in [5.74, 6) is -0.383. The normalized spacial score (nSPS) is 20.4. The third-order valence-electron chi connectivity index (χ3n) is 3.58. The molecule has 20 heavy (non-hydrogen) atoms. The second kappa shape index (κ2) is 7.87. The van der Waals surface area contributed by atoms with Crippen molar-refractivity contribution in [3.8, 4) is 0 Å². The Kier molecular flexibility index (Phi) is 6.48. The highest BCUT2D eigenvalue weighted by atomic mass is 16.5. The predicted octanol–water partition coefficient (Wildman–Crippen LogP) is 0.701. The molecule has 1 aliphatic rings. The van der Waals surface area contributed by atoms with Crippen LogP contribution >= 0.6 is 0 Å². The average molecular weight is 284 g/mol. The van der Waals surface area contributed by atoms with Crippen LogP contribution in [0.1, 0.15) is 40.0 Å². The van der Waals surface area contributed by atoms with Gasteiger partial charge in [0.1, 0.15) is 12.6 Å². The highest BCUT2D eigenvalue weighted by molar-refractivity contribution is 5.84. The Hall–Kier alpha value is -1.59. The van der Waals surface area contributed by atoms with Gasteiger partial charge in [-0.1, -0.05) is 13.8 Å². The van der Waals surface area contributed by atoms with Gasteiger partial charge in [0.15, 0.2) is 0 Å². The number of hydrogen-bond donors (Lipinski definition) is 1. The Morgan fingerprint density at radius 1 is 1.40 bits per heavy atom. The Labute approximate surface area is 119 Å². The summed E-state index contributed by atoms with van der Waals surface area (Å²) in [6, 6.07) is -0.637. The fraction of sp³-hybridized carbons (Fsp3) is 0.786. The van der Waals surface area contributed by atoms with Gasteiger partial charge in [-0.25, -0.2) is 0 Å². The summed E-state index contributed by atoms with van der Waals surface area (Å²) >= 11 is 0. The van der Waals surface area contributed by atoms with E-state index in [-0.39, 0.29) is 30.4 Å². The second-order valence-electron chi connectivity index (χ2n) is 5.52. The number of rotatable bonds is 6. The van der Waals surface area contributed by atoms with Gasteiger partial charge in [0, 0.05) is 13.5 Å². The van der Waals surface area contributed by atoms with E-state index in [4.69, 9.17) is 4.74 Å². The van der Waals surface area contributed by atoms with Crippen molar-refractivity contribution in [3.63, 3.8) is 0 Å². The molecule has 1 rings (SSSR count). The van der Waals surface area contributed by atoms with Crippen LogP contribution in [0.4, 0.5) is 0 Å². The molecule has 1 N–H and O–H groups in total. The van der Waals surface area contributed by atoms with E-state index in [1.165, 1.54) is 6.92 Å². The molecule has 0 unspecified atom stereocenters. The van der Waals surface area contributed by atoms with Crippen molar-refractivity contribution in [2.24, 2.45) is 5.92 Å². The van der Waals surface area contributed by atoms with Crippen molar-refractivity contribution >= 4 is 18.3 Å². The number of nitrogens with zero attached hydrogens (tertiary/aromatic N) is 1. The molecular weight excluding hydrogens is 260 g/mol. The second-order valence-corrected chi connectivity index (χ2v) is 5.52. The molecule has 0 aromatic carbocycles. The first-order valence-corrected chi connectivity index (χ1v) is 7.10. The molecule has 0 spiro atoms. The molecule has 2 atom stereocenters. The van der Waals surface area contributed by atoms with E-state index < -0.39 is 6.04 Å². The van der Waals surface area contributed by atoms with Gasteiger partial charge in [0.05, 0.1) is 6.04 Å². The number of piperidine rings is 1. The number of carbonyl (C=O) groups excluding carboxylic acids is 3. The van der Waals surface area contributed by atoms with Gasteiger partial charge in [0.25, 0.3) is 0 Å². The van der Waals surface area contributed by atoms with Crippen LogP contribution in [0.5, 0.6) is 0 Å². The summed E-state index contributed by atoms with van der Waals surface area (Å²) in [5.41, 5.74) is 0. The van der Waals surface area contributed by atoms with E-state index in [1.807, 2.05) is 13.8 Å². The Morgan fingerprint density at radius 3 is 2.65 bits per heavy atom. The van der Waals surface area contributed by atoms with Gasteiger partial charge < -0.3 is 15.0 Å². The maximum absolute atomic E-state index is 12.3. The lowest BCUT2D eigenvalue weighted by atomic mass is 10.00. The first-order valence-electron chi connectivity index (χ1n) is 7.10. The highest BCUT2D eigenvalue weighted by Gasteiger charge is 2.29. The van der Waals surface area contributed by atoms with E-state index in [2.05, 4.69) is 5.32 Å². The fourth-order valence-electron chi connectivity index (χ4n) is 2.25. The maximum atomic E-state index is 12.3. The molecule has 0 saturated carbocycles. The largest absolute Gasteiger partial charge is 0.464 e. The smallest absolute Gasteiger partial charge is 0.302 e. The zero-order valence-corrected chi connectivity index (χ0v) is 12.4. The van der Waals surface area contributed by atoms with E-state index >= 15 is 0 Å². The molecule has 0 aromatic rings. The Morgan fingerprint density at radius 2 is 2.10 bits per heavy atom. The molecule has 0 radical (unpaired) electrons. The maximum Gasteiger partial charge on any atom is 0.302 e. The summed E-state index contributed by atoms with van der Waals surface area (Å²) in [4.78, 5) is 35.7. The van der Waals surface area contributed by atoms with Crippen molar-refractivity contribution in [2.45, 2.75) is 52.1 Å². The molecule has 6 heteroatoms. The number of likely N-dealkylation sites (tertiary alicyclic amines) is 1. The first-order chi connectivity index (χ1) is 9.45. The van der Waals surface area contributed by atoms with Gasteiger partial charge in [-0.05, 0) is 25.2 Å². The minimum Gasteiger partial charge on any atom is -0.464 e. The van der Waals surface area contributed by atoms with Crippen molar-refractivity contribution in [1.29, 1.82) is 0 Å². The molecule has 2 amide bonds. The first kappa shape index (κ1) is 16.5. The summed E-state index contributed by atoms with van der Waals surface area (Å²) in [5, 5.41) is 2.89. The van der Waals surface area contributed by atoms with Crippen molar-refractivity contribution in [2.75, 3.05) is 13.2 Å². The topological polar surface area (TPSA) is 75.7 Å². The van der Waals surface area contributed by atoms with Gasteiger partial charge in [-0.3, -0.25) is 14.4 Å². The number of nitrogens with one attached hydrogen (secondary N) is 1. The summed E-state index contributed by atoms with van der Waals surface area (Å²) in [6.45, 7) is 6.03. The average Bonchev–Trinajstić information content (AvgIpc) is 2.42. The monoisotopic (exact) mass is 284 g/mol. The summed E-state index contributed by atoms with van der Waals surface area (Å²) in [7, 11) is 0. The van der Waals surface area contributed by atoms with Gasteiger partial charge in [-0.2, -0.15) is 0 Å². The molecule has 1 saturated heterocycles. The number of amides is 2. The minimum atomic E-state index is -0.403. The van der Waals surface area contributed by atoms with Gasteiger partial charge in [0.2, 0.25) is 12.3 Å². The lowest BCUT2D eigenvalue weighted by molar-refractivity contribution is -0.143. The van der Waals surface area contributed by atoms with Crippen molar-refractivity contribution < 1.29 is 19.1 Å². The molecule has 0 bridgehead atoms. The molecule has 0 aromatic heterocycles. The van der Waals surface area contributed by atoms with E-state index in [0.29, 0.717) is 13.0 Å². The van der Waals surface area contributed by atoms with Gasteiger partial charge >= 0.3 is 5.97 Å². The van der Waals surface area contributed by atoms with Crippen LogP contribution in [0.15, 0.2) is 0 Å². The molecular formula is C14H24N2O4. The lowest BCUT2D eigenvalue weighted by Crippen LogP contribution is -2.53. The minimum absolute atomic E-state index is 0.145. The third-order valence-corrected chi connectivity index (χ3v) is 3.58. The summed E-state index contributed by atoms with van der Waals surface area (Å²) in [6.07, 6.45) is 3.30. The molecule has 1 heterocycles. The third kappa shape index (κ3) is 4.83. The van der Waals surface area contributed by atoms with Crippen LogP contribution in [0.3, 0.4) is 0 Å². The van der Waals surface area contributed by atoms with Crippen LogP contribution in [0, 0.1) is 5.92 Å². The highest BCUT2D eigenvalue weighted by Crippen LogP contribution is 2.16. The molecule has 6 nitrogen and oxygen atoms in total. The van der Waals surface area contributed by atoms with E-state index in [0.717, 1.165) is 19.3 Å². The van der Waals surface area contributed by atoms with Crippen molar-refractivity contribution in [3.05, 3.63) is 0 Å². The number of esters is 1. The van der Waals surface area contributed by atoms with Crippen molar-refractivity contribution in [1.82, 2.24) is 10.2 Å². The zero-order valence-electron chi connectivity index (χ0n) is 12.4. The Bertz CT molecular complexity index is 357. The lowest BCUT2D eigenvalue weighted by Gasteiger charge is -2.33. The number of hydrogen-bond acceptors (Lipinski definition) is 4. The van der Waals surface area contributed by atoms with Gasteiger partial charge in [-0.15, -0.1) is 0 Å². The quantitative estimate of drug-likeness (QED) is 0.575. The van der Waals surface area contributed by atoms with Crippen LogP contribution < -0.4 is 5.32 Å². The zero-order chi connectivity index (χ0) is 15.1. The Balaban J connectivity index is 2.59. The van der Waals surface area contributed by atoms with E-state index in [9.17, 15) is 14.4 Å². The molecule has 0 aliphatic carbocycles.